The van der Waals surface area contributed by atoms with Crippen molar-refractivity contribution in [1.29, 1.82) is 5.26 Å². The summed E-state index contributed by atoms with van der Waals surface area (Å²) in [5, 5.41) is 17.4. The van der Waals surface area contributed by atoms with Gasteiger partial charge in [0.25, 0.3) is 5.91 Å². The fourth-order valence-corrected chi connectivity index (χ4v) is 4.49. The molecule has 0 atom stereocenters. The quantitative estimate of drug-likeness (QED) is 0.188. The Morgan fingerprint density at radius 2 is 1.54 bits per heavy atom. The Labute approximate surface area is 220 Å². The Kier molecular flexibility index (Phi) is 6.89. The van der Waals surface area contributed by atoms with E-state index < -0.39 is 5.91 Å². The number of carbonyl (C=O) groups is 1. The maximum absolute atomic E-state index is 13.0. The Hall–Kier alpha value is -4.59. The first kappa shape index (κ1) is 24.1. The maximum Gasteiger partial charge on any atom is 0.266 e. The predicted octanol–water partition coefficient (Wildman–Crippen LogP) is 8.08. The minimum absolute atomic E-state index is 0.0301. The molecule has 0 unspecified atom stereocenters. The van der Waals surface area contributed by atoms with Crippen molar-refractivity contribution in [2.75, 3.05) is 5.32 Å². The molecule has 5 aromatic carbocycles. The maximum atomic E-state index is 13.0. The van der Waals surface area contributed by atoms with E-state index in [1.807, 2.05) is 54.6 Å². The number of rotatable bonds is 6. The Balaban J connectivity index is 1.53. The molecule has 0 bridgehead atoms. The van der Waals surface area contributed by atoms with Crippen LogP contribution in [-0.2, 0) is 11.4 Å². The van der Waals surface area contributed by atoms with Crippen LogP contribution in [-0.4, -0.2) is 5.91 Å². The molecule has 0 aliphatic heterocycles. The van der Waals surface area contributed by atoms with Gasteiger partial charge in [-0.1, -0.05) is 78.3 Å². The van der Waals surface area contributed by atoms with Crippen LogP contribution in [0.3, 0.4) is 0 Å². The van der Waals surface area contributed by atoms with Crippen molar-refractivity contribution in [1.82, 2.24) is 0 Å². The second-order valence-corrected chi connectivity index (χ2v) is 9.14. The van der Waals surface area contributed by atoms with Crippen molar-refractivity contribution >= 4 is 50.8 Å². The number of halogens is 1. The first-order valence-electron chi connectivity index (χ1n) is 11.8. The third kappa shape index (κ3) is 5.18. The topological polar surface area (TPSA) is 62.1 Å². The van der Waals surface area contributed by atoms with E-state index in [0.717, 1.165) is 32.7 Å². The number of amides is 1. The number of aryl methyl sites for hydroxylation is 1. The van der Waals surface area contributed by atoms with Gasteiger partial charge in [-0.05, 0) is 70.4 Å². The third-order valence-corrected chi connectivity index (χ3v) is 6.59. The summed E-state index contributed by atoms with van der Waals surface area (Å²) in [7, 11) is 0. The number of carbonyl (C=O) groups excluding carboxylic acids is 1. The van der Waals surface area contributed by atoms with Crippen LogP contribution in [0.4, 0.5) is 5.69 Å². The van der Waals surface area contributed by atoms with Gasteiger partial charge in [-0.2, -0.15) is 5.26 Å². The van der Waals surface area contributed by atoms with Crippen molar-refractivity contribution in [3.8, 4) is 11.8 Å². The zero-order valence-corrected chi connectivity index (χ0v) is 20.9. The van der Waals surface area contributed by atoms with Gasteiger partial charge in [0.1, 0.15) is 24.0 Å². The Bertz CT molecular complexity index is 1700. The number of hydrogen-bond donors (Lipinski definition) is 1. The SMILES string of the molecule is Cc1ccc2ccccc2c1COc1ccc2ccccc2c1/C=C(\C#N)C(=O)Nc1ccc(Cl)cc1. The van der Waals surface area contributed by atoms with Gasteiger partial charge in [-0.15, -0.1) is 0 Å². The number of fused-ring (bicyclic) bond motifs is 2. The highest BCUT2D eigenvalue weighted by Gasteiger charge is 2.15. The van der Waals surface area contributed by atoms with Gasteiger partial charge < -0.3 is 10.1 Å². The average Bonchev–Trinajstić information content (AvgIpc) is 2.92. The summed E-state index contributed by atoms with van der Waals surface area (Å²) in [6, 6.07) is 32.9. The molecule has 0 radical (unpaired) electrons. The predicted molar refractivity (Wildman–Crippen MR) is 151 cm³/mol. The highest BCUT2D eigenvalue weighted by molar-refractivity contribution is 6.30. The first-order chi connectivity index (χ1) is 18.0. The van der Waals surface area contributed by atoms with Gasteiger partial charge in [-0.25, -0.2) is 0 Å². The zero-order chi connectivity index (χ0) is 25.8. The molecule has 5 aromatic rings. The molecule has 0 aliphatic carbocycles. The van der Waals surface area contributed by atoms with E-state index in [1.165, 1.54) is 0 Å². The molecule has 0 fully saturated rings. The molecule has 0 saturated heterocycles. The zero-order valence-electron chi connectivity index (χ0n) is 20.2. The molecule has 5 heteroatoms. The summed E-state index contributed by atoms with van der Waals surface area (Å²) in [6.07, 6.45) is 1.60. The molecule has 0 aliphatic rings. The number of nitriles is 1. The molecule has 1 N–H and O–H groups in total. The van der Waals surface area contributed by atoms with Crippen LogP contribution in [0.5, 0.6) is 5.75 Å². The highest BCUT2D eigenvalue weighted by atomic mass is 35.5. The monoisotopic (exact) mass is 502 g/mol. The Morgan fingerprint density at radius 3 is 2.27 bits per heavy atom. The van der Waals surface area contributed by atoms with Crippen LogP contribution in [0.25, 0.3) is 27.6 Å². The average molecular weight is 503 g/mol. The number of ether oxygens (including phenoxy) is 1. The summed E-state index contributed by atoms with van der Waals surface area (Å²) >= 11 is 5.94. The van der Waals surface area contributed by atoms with Crippen LogP contribution in [0.2, 0.25) is 5.02 Å². The van der Waals surface area contributed by atoms with E-state index in [9.17, 15) is 10.1 Å². The largest absolute Gasteiger partial charge is 0.488 e. The van der Waals surface area contributed by atoms with Gasteiger partial charge in [0.2, 0.25) is 0 Å². The number of nitrogens with one attached hydrogen (secondary N) is 1. The van der Waals surface area contributed by atoms with Crippen LogP contribution < -0.4 is 10.1 Å². The number of benzene rings is 5. The second kappa shape index (κ2) is 10.6. The fourth-order valence-electron chi connectivity index (χ4n) is 4.36. The molecule has 180 valence electrons. The summed E-state index contributed by atoms with van der Waals surface area (Å²) in [5.41, 5.74) is 3.44. The standard InChI is InChI=1S/C32H23ClN2O2/c1-21-10-11-22-6-3-5-9-28(22)30(21)20-37-31-17-12-23-7-2-4-8-27(23)29(31)18-24(19-34)32(36)35-26-15-13-25(33)14-16-26/h2-18H,20H2,1H3,(H,35,36)/b24-18+. The van der Waals surface area contributed by atoms with Gasteiger partial charge in [0, 0.05) is 21.8 Å². The van der Waals surface area contributed by atoms with Crippen molar-refractivity contribution in [2.45, 2.75) is 13.5 Å². The summed E-state index contributed by atoms with van der Waals surface area (Å²) in [6.45, 7) is 2.42. The lowest BCUT2D eigenvalue weighted by atomic mass is 9.99. The minimum atomic E-state index is -0.506. The van der Waals surface area contributed by atoms with Crippen molar-refractivity contribution in [3.63, 3.8) is 0 Å². The van der Waals surface area contributed by atoms with Crippen LogP contribution >= 0.6 is 11.6 Å². The fraction of sp³-hybridized carbons (Fsp3) is 0.0625. The molecule has 4 nitrogen and oxygen atoms in total. The van der Waals surface area contributed by atoms with Gasteiger partial charge in [0.15, 0.2) is 0 Å². The van der Waals surface area contributed by atoms with Crippen LogP contribution in [0.1, 0.15) is 16.7 Å². The van der Waals surface area contributed by atoms with Crippen molar-refractivity contribution in [3.05, 3.63) is 124 Å². The van der Waals surface area contributed by atoms with E-state index in [2.05, 4.69) is 36.5 Å². The van der Waals surface area contributed by atoms with Crippen LogP contribution in [0.15, 0.2) is 103 Å². The van der Waals surface area contributed by atoms with E-state index in [-0.39, 0.29) is 5.57 Å². The molecule has 0 spiro atoms. The lowest BCUT2D eigenvalue weighted by Gasteiger charge is -2.15. The number of hydrogen-bond acceptors (Lipinski definition) is 3. The first-order valence-corrected chi connectivity index (χ1v) is 12.2. The van der Waals surface area contributed by atoms with E-state index in [4.69, 9.17) is 16.3 Å². The van der Waals surface area contributed by atoms with Crippen LogP contribution in [0, 0.1) is 18.3 Å². The smallest absolute Gasteiger partial charge is 0.266 e. The lowest BCUT2D eigenvalue weighted by Crippen LogP contribution is -2.13. The Morgan fingerprint density at radius 1 is 0.892 bits per heavy atom. The number of anilines is 1. The van der Waals surface area contributed by atoms with Crippen molar-refractivity contribution in [2.24, 2.45) is 0 Å². The second-order valence-electron chi connectivity index (χ2n) is 8.70. The summed E-state index contributed by atoms with van der Waals surface area (Å²) in [5.74, 6) is 0.0895. The lowest BCUT2D eigenvalue weighted by molar-refractivity contribution is -0.112. The van der Waals surface area contributed by atoms with Gasteiger partial charge >= 0.3 is 0 Å². The third-order valence-electron chi connectivity index (χ3n) is 6.33. The number of nitrogens with zero attached hydrogens (tertiary/aromatic N) is 1. The molecule has 5 rings (SSSR count). The van der Waals surface area contributed by atoms with E-state index >= 15 is 0 Å². The van der Waals surface area contributed by atoms with E-state index in [0.29, 0.717) is 28.6 Å². The summed E-state index contributed by atoms with van der Waals surface area (Å²) < 4.78 is 6.38. The highest BCUT2D eigenvalue weighted by Crippen LogP contribution is 2.32. The molecular weight excluding hydrogens is 480 g/mol. The van der Waals surface area contributed by atoms with Gasteiger partial charge in [-0.3, -0.25) is 4.79 Å². The van der Waals surface area contributed by atoms with Gasteiger partial charge in [0.05, 0.1) is 0 Å². The molecule has 1 amide bonds. The van der Waals surface area contributed by atoms with E-state index in [1.54, 1.807) is 30.3 Å². The molecular formula is C32H23ClN2O2. The normalized spacial score (nSPS) is 11.3. The molecule has 0 heterocycles. The minimum Gasteiger partial charge on any atom is -0.488 e. The molecule has 0 aromatic heterocycles. The van der Waals surface area contributed by atoms with Crippen molar-refractivity contribution < 1.29 is 9.53 Å². The molecule has 0 saturated carbocycles. The molecule has 37 heavy (non-hydrogen) atoms. The summed E-state index contributed by atoms with van der Waals surface area (Å²) in [4.78, 5) is 13.0.